The van der Waals surface area contributed by atoms with Gasteiger partial charge in [-0.1, -0.05) is 19.9 Å². The standard InChI is InChI=1S/C35H39BrN8O3/c1-19-7-8-28(36)39-32(19)40-33(47)26-11-35(18-42-16-34(5,6)17-42)12-27(35)44(26)29(46)15-43-31-20(2)9-23(24-13-37-22(4)38-14-24)10-25(31)30(41-43)21(3)45/h7-10,13-14,26-27H,11-12,15-18H2,1-6H3,(H,39,40,47)/t26-,27+,35-/m0/s1. The molecule has 244 valence electrons. The summed E-state index contributed by atoms with van der Waals surface area (Å²) in [6.07, 6.45) is 4.99. The molecular formula is C35H39BrN8O3. The first-order valence-electron chi connectivity index (χ1n) is 16.0. The van der Waals surface area contributed by atoms with Crippen molar-refractivity contribution in [2.45, 2.75) is 73.0 Å². The third kappa shape index (κ3) is 5.75. The highest BCUT2D eigenvalue weighted by Gasteiger charge is 2.68. The molecule has 2 amide bonds. The van der Waals surface area contributed by atoms with Crippen LogP contribution in [0.4, 0.5) is 5.82 Å². The number of hydrogen-bond donors (Lipinski definition) is 1. The number of rotatable bonds is 8. The highest BCUT2D eigenvalue weighted by molar-refractivity contribution is 9.10. The second-order valence-electron chi connectivity index (χ2n) is 14.5. The second-order valence-corrected chi connectivity index (χ2v) is 15.3. The van der Waals surface area contributed by atoms with Crippen molar-refractivity contribution < 1.29 is 14.4 Å². The molecule has 11 nitrogen and oxygen atoms in total. The van der Waals surface area contributed by atoms with E-state index in [0.717, 1.165) is 53.8 Å². The lowest BCUT2D eigenvalue weighted by molar-refractivity contribution is -0.138. The number of aromatic nitrogens is 5. The molecule has 2 aliphatic heterocycles. The number of Topliss-reactive ketones (excluding diaryl/α,β-unsaturated/α-hetero) is 1. The molecule has 5 heterocycles. The maximum Gasteiger partial charge on any atom is 0.248 e. The Morgan fingerprint density at radius 2 is 1.72 bits per heavy atom. The summed E-state index contributed by atoms with van der Waals surface area (Å²) >= 11 is 3.40. The Balaban J connectivity index is 1.20. The molecule has 3 fully saturated rings. The minimum atomic E-state index is -0.640. The number of aryl methyl sites for hydroxylation is 3. The summed E-state index contributed by atoms with van der Waals surface area (Å²) in [7, 11) is 0. The number of hydrogen-bond acceptors (Lipinski definition) is 8. The molecule has 3 aliphatic rings. The first-order chi connectivity index (χ1) is 22.2. The Hall–Kier alpha value is -4.03. The number of ketones is 1. The van der Waals surface area contributed by atoms with Gasteiger partial charge >= 0.3 is 0 Å². The van der Waals surface area contributed by atoms with Crippen LogP contribution in [0.15, 0.2) is 41.3 Å². The lowest BCUT2D eigenvalue weighted by Crippen LogP contribution is -2.54. The predicted molar refractivity (Wildman–Crippen MR) is 182 cm³/mol. The third-order valence-corrected chi connectivity index (χ3v) is 10.4. The van der Waals surface area contributed by atoms with E-state index in [-0.39, 0.29) is 41.0 Å². The number of anilines is 1. The van der Waals surface area contributed by atoms with Crippen LogP contribution in [0.5, 0.6) is 0 Å². The largest absolute Gasteiger partial charge is 0.325 e. The van der Waals surface area contributed by atoms with Gasteiger partial charge in [-0.2, -0.15) is 5.10 Å². The molecule has 3 atom stereocenters. The summed E-state index contributed by atoms with van der Waals surface area (Å²) in [6, 6.07) is 6.97. The van der Waals surface area contributed by atoms with Gasteiger partial charge in [0, 0.05) is 61.4 Å². The van der Waals surface area contributed by atoms with Crippen molar-refractivity contribution in [3.63, 3.8) is 0 Å². The number of carbonyl (C=O) groups excluding carboxylic acids is 3. The number of benzene rings is 1. The van der Waals surface area contributed by atoms with Crippen LogP contribution in [0.25, 0.3) is 22.0 Å². The number of likely N-dealkylation sites (tertiary alicyclic amines) is 2. The summed E-state index contributed by atoms with van der Waals surface area (Å²) in [5, 5.41) is 8.36. The fourth-order valence-electron chi connectivity index (χ4n) is 7.81. The topological polar surface area (TPSA) is 126 Å². The monoisotopic (exact) mass is 698 g/mol. The molecule has 0 spiro atoms. The highest BCUT2D eigenvalue weighted by atomic mass is 79.9. The summed E-state index contributed by atoms with van der Waals surface area (Å²) in [6.45, 7) is 14.5. The molecule has 0 bridgehead atoms. The zero-order valence-corrected chi connectivity index (χ0v) is 29.2. The predicted octanol–water partition coefficient (Wildman–Crippen LogP) is 5.12. The number of halogens is 1. The van der Waals surface area contributed by atoms with Crippen molar-refractivity contribution in [1.29, 1.82) is 0 Å². The van der Waals surface area contributed by atoms with E-state index in [1.54, 1.807) is 22.0 Å². The zero-order valence-electron chi connectivity index (χ0n) is 27.6. The van der Waals surface area contributed by atoms with E-state index < -0.39 is 6.04 Å². The summed E-state index contributed by atoms with van der Waals surface area (Å²) < 4.78 is 2.26. The van der Waals surface area contributed by atoms with Crippen molar-refractivity contribution in [3.05, 3.63) is 63.9 Å². The molecule has 1 N–H and O–H groups in total. The number of pyridine rings is 1. The molecule has 1 aliphatic carbocycles. The van der Waals surface area contributed by atoms with Crippen molar-refractivity contribution in [2.24, 2.45) is 10.8 Å². The van der Waals surface area contributed by atoms with Crippen LogP contribution in [0, 0.1) is 31.6 Å². The van der Waals surface area contributed by atoms with Crippen LogP contribution in [-0.4, -0.2) is 83.8 Å². The molecule has 7 rings (SSSR count). The van der Waals surface area contributed by atoms with Crippen LogP contribution in [0.3, 0.4) is 0 Å². The fourth-order valence-corrected chi connectivity index (χ4v) is 8.12. The lowest BCUT2D eigenvalue weighted by atomic mass is 9.83. The van der Waals surface area contributed by atoms with Crippen molar-refractivity contribution >= 4 is 50.2 Å². The van der Waals surface area contributed by atoms with E-state index in [1.165, 1.54) is 6.92 Å². The van der Waals surface area contributed by atoms with E-state index in [9.17, 15) is 14.4 Å². The Morgan fingerprint density at radius 1 is 1.00 bits per heavy atom. The van der Waals surface area contributed by atoms with Gasteiger partial charge in [0.05, 0.1) is 5.52 Å². The van der Waals surface area contributed by atoms with Crippen molar-refractivity contribution in [1.82, 2.24) is 34.5 Å². The summed E-state index contributed by atoms with van der Waals surface area (Å²) in [5.41, 5.74) is 4.61. The SMILES string of the molecule is CC(=O)c1nn(CC(=O)N2[C@H](C(=O)Nc3nc(Br)ccc3C)C[C@@]3(CN4CC(C)(C)C4)C[C@@H]23)c2c(C)cc(-c3cnc(C)nc3)cc12. The van der Waals surface area contributed by atoms with Crippen molar-refractivity contribution in [3.8, 4) is 11.1 Å². The number of piperidine rings is 1. The average Bonchev–Trinajstić information content (AvgIpc) is 3.38. The molecule has 12 heteroatoms. The van der Waals surface area contributed by atoms with Gasteiger partial charge in [-0.05, 0) is 89.8 Å². The number of fused-ring (bicyclic) bond motifs is 2. The van der Waals surface area contributed by atoms with E-state index in [0.29, 0.717) is 33.7 Å². The lowest BCUT2D eigenvalue weighted by Gasteiger charge is -2.47. The van der Waals surface area contributed by atoms with Crippen LogP contribution < -0.4 is 5.32 Å². The van der Waals surface area contributed by atoms with Gasteiger partial charge in [0.15, 0.2) is 5.78 Å². The van der Waals surface area contributed by atoms with Gasteiger partial charge in [0.2, 0.25) is 11.8 Å². The molecule has 0 unspecified atom stereocenters. The quantitative estimate of drug-likeness (QED) is 0.199. The van der Waals surface area contributed by atoms with Crippen LogP contribution >= 0.6 is 15.9 Å². The molecule has 2 saturated heterocycles. The van der Waals surface area contributed by atoms with Gasteiger partial charge in [-0.3, -0.25) is 19.1 Å². The molecule has 1 aromatic carbocycles. The Bertz CT molecular complexity index is 1950. The minimum absolute atomic E-state index is 0.0330. The van der Waals surface area contributed by atoms with Gasteiger partial charge in [0.25, 0.3) is 0 Å². The molecule has 3 aromatic heterocycles. The number of nitrogens with zero attached hydrogens (tertiary/aromatic N) is 7. The van der Waals surface area contributed by atoms with E-state index in [2.05, 4.69) is 60.0 Å². The normalized spacial score (nSPS) is 23.0. The first-order valence-corrected chi connectivity index (χ1v) is 16.8. The smallest absolute Gasteiger partial charge is 0.248 e. The molecule has 4 aromatic rings. The molecule has 0 radical (unpaired) electrons. The van der Waals surface area contributed by atoms with Crippen LogP contribution in [-0.2, 0) is 16.1 Å². The zero-order chi connectivity index (χ0) is 33.4. The molecule has 1 saturated carbocycles. The number of nitrogens with one attached hydrogen (secondary N) is 1. The average molecular weight is 700 g/mol. The number of carbonyl (C=O) groups is 3. The molecule has 47 heavy (non-hydrogen) atoms. The Morgan fingerprint density at radius 3 is 2.40 bits per heavy atom. The van der Waals surface area contributed by atoms with E-state index >= 15 is 0 Å². The maximum atomic E-state index is 14.4. The van der Waals surface area contributed by atoms with Gasteiger partial charge < -0.3 is 15.1 Å². The number of amides is 2. The van der Waals surface area contributed by atoms with Gasteiger partial charge in [-0.25, -0.2) is 15.0 Å². The highest BCUT2D eigenvalue weighted by Crippen LogP contribution is 2.60. The van der Waals surface area contributed by atoms with E-state index in [1.807, 2.05) is 45.0 Å². The maximum absolute atomic E-state index is 14.4. The van der Waals surface area contributed by atoms with Gasteiger partial charge in [0.1, 0.15) is 34.5 Å². The van der Waals surface area contributed by atoms with E-state index in [4.69, 9.17) is 0 Å². The molecular weight excluding hydrogens is 660 g/mol. The summed E-state index contributed by atoms with van der Waals surface area (Å²) in [4.78, 5) is 58.5. The van der Waals surface area contributed by atoms with Crippen LogP contribution in [0.1, 0.15) is 61.1 Å². The third-order valence-electron chi connectivity index (χ3n) is 9.92. The fraction of sp³-hybridized carbons (Fsp3) is 0.457. The van der Waals surface area contributed by atoms with Crippen molar-refractivity contribution in [2.75, 3.05) is 25.0 Å². The Labute approximate surface area is 282 Å². The Kier molecular flexibility index (Phi) is 7.59. The first kappa shape index (κ1) is 31.6. The van der Waals surface area contributed by atoms with Gasteiger partial charge in [-0.15, -0.1) is 0 Å². The van der Waals surface area contributed by atoms with Crippen LogP contribution in [0.2, 0.25) is 0 Å². The summed E-state index contributed by atoms with van der Waals surface area (Å²) in [5.74, 6) is 0.538. The minimum Gasteiger partial charge on any atom is -0.325 e. The second kappa shape index (κ2) is 11.3.